The molecule has 0 aliphatic heterocycles. The molecule has 2 rings (SSSR count). The van der Waals surface area contributed by atoms with E-state index in [0.717, 1.165) is 5.56 Å². The topological polar surface area (TPSA) is 26.0 Å². The van der Waals surface area contributed by atoms with Gasteiger partial charge in [-0.15, -0.1) is 0 Å². The standard InChI is InChI=1S/C14H12F3NS/c15-13-7-10(1-2-11(13)8-18)9-3-5-12(6-4-9)19-14(16)17/h1-7,14H,8,18H2. The minimum absolute atomic E-state index is 0.149. The summed E-state index contributed by atoms with van der Waals surface area (Å²) in [5.74, 6) is -2.79. The predicted molar refractivity (Wildman–Crippen MR) is 71.6 cm³/mol. The highest BCUT2D eigenvalue weighted by Gasteiger charge is 2.07. The van der Waals surface area contributed by atoms with E-state index in [-0.39, 0.29) is 12.4 Å². The molecule has 1 nitrogen and oxygen atoms in total. The van der Waals surface area contributed by atoms with Crippen molar-refractivity contribution in [2.75, 3.05) is 0 Å². The van der Waals surface area contributed by atoms with Crippen LogP contribution in [0.15, 0.2) is 47.4 Å². The molecule has 0 saturated heterocycles. The van der Waals surface area contributed by atoms with Crippen molar-refractivity contribution in [1.82, 2.24) is 0 Å². The van der Waals surface area contributed by atoms with E-state index in [9.17, 15) is 13.2 Å². The zero-order valence-electron chi connectivity index (χ0n) is 9.95. The van der Waals surface area contributed by atoms with Crippen LogP contribution in [0.3, 0.4) is 0 Å². The van der Waals surface area contributed by atoms with Gasteiger partial charge in [-0.1, -0.05) is 36.0 Å². The van der Waals surface area contributed by atoms with Crippen LogP contribution in [0.4, 0.5) is 13.2 Å². The van der Waals surface area contributed by atoms with Gasteiger partial charge < -0.3 is 5.73 Å². The number of nitrogens with two attached hydrogens (primary N) is 1. The Kier molecular flexibility index (Phi) is 4.50. The van der Waals surface area contributed by atoms with Crippen molar-refractivity contribution in [2.45, 2.75) is 17.2 Å². The first-order valence-electron chi connectivity index (χ1n) is 5.64. The molecule has 0 aromatic heterocycles. The molecule has 0 spiro atoms. The Balaban J connectivity index is 2.24. The highest BCUT2D eigenvalue weighted by Crippen LogP contribution is 2.28. The summed E-state index contributed by atoms with van der Waals surface area (Å²) in [6.45, 7) is 0.149. The molecule has 100 valence electrons. The molecule has 0 fully saturated rings. The van der Waals surface area contributed by atoms with Crippen LogP contribution >= 0.6 is 11.8 Å². The maximum atomic E-state index is 13.6. The van der Waals surface area contributed by atoms with Crippen molar-refractivity contribution in [1.29, 1.82) is 0 Å². The normalized spacial score (nSPS) is 11.0. The minimum atomic E-state index is -2.44. The fourth-order valence-corrected chi connectivity index (χ4v) is 2.22. The molecule has 0 aliphatic rings. The third-order valence-corrected chi connectivity index (χ3v) is 3.41. The van der Waals surface area contributed by atoms with Crippen LogP contribution in [0.25, 0.3) is 11.1 Å². The van der Waals surface area contributed by atoms with Crippen molar-refractivity contribution in [3.63, 3.8) is 0 Å². The second-order valence-corrected chi connectivity index (χ2v) is 4.98. The Labute approximate surface area is 113 Å². The van der Waals surface area contributed by atoms with Gasteiger partial charge >= 0.3 is 0 Å². The molecule has 2 aromatic carbocycles. The molecular formula is C14H12F3NS. The first kappa shape index (κ1) is 14.0. The fraction of sp³-hybridized carbons (Fsp3) is 0.143. The smallest absolute Gasteiger partial charge is 0.288 e. The summed E-state index contributed by atoms with van der Waals surface area (Å²) >= 11 is 0.488. The largest absolute Gasteiger partial charge is 0.326 e. The molecule has 2 N–H and O–H groups in total. The molecule has 0 atom stereocenters. The fourth-order valence-electron chi connectivity index (χ4n) is 1.72. The summed E-state index contributed by atoms with van der Waals surface area (Å²) in [6, 6.07) is 11.4. The molecule has 0 unspecified atom stereocenters. The highest BCUT2D eigenvalue weighted by atomic mass is 32.2. The number of halogens is 3. The molecule has 0 amide bonds. The third kappa shape index (κ3) is 3.52. The van der Waals surface area contributed by atoms with Crippen LogP contribution < -0.4 is 5.73 Å². The van der Waals surface area contributed by atoms with Crippen LogP contribution in [0, 0.1) is 5.82 Å². The third-order valence-electron chi connectivity index (χ3n) is 2.69. The zero-order valence-corrected chi connectivity index (χ0v) is 10.8. The Morgan fingerprint density at radius 1 is 1.00 bits per heavy atom. The maximum Gasteiger partial charge on any atom is 0.288 e. The van der Waals surface area contributed by atoms with Crippen LogP contribution in [-0.4, -0.2) is 5.76 Å². The van der Waals surface area contributed by atoms with Crippen LogP contribution in [0.2, 0.25) is 0 Å². The van der Waals surface area contributed by atoms with E-state index in [2.05, 4.69) is 0 Å². The van der Waals surface area contributed by atoms with Crippen molar-refractivity contribution in [2.24, 2.45) is 5.73 Å². The van der Waals surface area contributed by atoms with E-state index in [4.69, 9.17) is 5.73 Å². The van der Waals surface area contributed by atoms with E-state index in [1.54, 1.807) is 36.4 Å². The van der Waals surface area contributed by atoms with Gasteiger partial charge in [0, 0.05) is 17.0 Å². The van der Waals surface area contributed by atoms with Crippen LogP contribution in [-0.2, 0) is 6.54 Å². The number of alkyl halides is 2. The predicted octanol–water partition coefficient (Wildman–Crippen LogP) is 4.27. The van der Waals surface area contributed by atoms with Gasteiger partial charge in [-0.05, 0) is 29.3 Å². The summed E-state index contributed by atoms with van der Waals surface area (Å²) in [4.78, 5) is 0.484. The Morgan fingerprint density at radius 3 is 2.16 bits per heavy atom. The number of rotatable bonds is 4. The molecule has 0 heterocycles. The van der Waals surface area contributed by atoms with E-state index in [1.165, 1.54) is 6.07 Å². The monoisotopic (exact) mass is 283 g/mol. The average Bonchev–Trinajstić information content (AvgIpc) is 2.39. The second kappa shape index (κ2) is 6.12. The second-order valence-electron chi connectivity index (χ2n) is 3.91. The van der Waals surface area contributed by atoms with Crippen LogP contribution in [0.1, 0.15) is 5.56 Å². The molecule has 5 heteroatoms. The average molecular weight is 283 g/mol. The first-order chi connectivity index (χ1) is 9.10. The number of benzene rings is 2. The maximum absolute atomic E-state index is 13.6. The number of hydrogen-bond donors (Lipinski definition) is 1. The SMILES string of the molecule is NCc1ccc(-c2ccc(SC(F)F)cc2)cc1F. The van der Waals surface area contributed by atoms with E-state index in [0.29, 0.717) is 27.8 Å². The van der Waals surface area contributed by atoms with Gasteiger partial charge in [-0.25, -0.2) is 4.39 Å². The summed E-state index contributed by atoms with van der Waals surface area (Å²) in [5, 5.41) is 0. The minimum Gasteiger partial charge on any atom is -0.326 e. The van der Waals surface area contributed by atoms with Gasteiger partial charge in [-0.3, -0.25) is 0 Å². The van der Waals surface area contributed by atoms with Crippen molar-refractivity contribution >= 4 is 11.8 Å². The Morgan fingerprint density at radius 2 is 1.63 bits per heavy atom. The van der Waals surface area contributed by atoms with Gasteiger partial charge in [-0.2, -0.15) is 8.78 Å². The lowest BCUT2D eigenvalue weighted by Crippen LogP contribution is -1.99. The zero-order chi connectivity index (χ0) is 13.8. The first-order valence-corrected chi connectivity index (χ1v) is 6.52. The van der Waals surface area contributed by atoms with E-state index < -0.39 is 5.76 Å². The van der Waals surface area contributed by atoms with Crippen LogP contribution in [0.5, 0.6) is 0 Å². The summed E-state index contributed by atoms with van der Waals surface area (Å²) in [6.07, 6.45) is 0. The summed E-state index contributed by atoms with van der Waals surface area (Å²) in [5.41, 5.74) is 7.32. The molecule has 0 saturated carbocycles. The molecule has 0 aliphatic carbocycles. The van der Waals surface area contributed by atoms with Crippen molar-refractivity contribution in [3.05, 3.63) is 53.8 Å². The van der Waals surface area contributed by atoms with Gasteiger partial charge in [0.05, 0.1) is 0 Å². The lowest BCUT2D eigenvalue weighted by molar-refractivity contribution is 0.252. The van der Waals surface area contributed by atoms with Gasteiger partial charge in [0.25, 0.3) is 5.76 Å². The quantitative estimate of drug-likeness (QED) is 0.848. The van der Waals surface area contributed by atoms with E-state index >= 15 is 0 Å². The van der Waals surface area contributed by atoms with E-state index in [1.807, 2.05) is 0 Å². The van der Waals surface area contributed by atoms with Crippen molar-refractivity contribution < 1.29 is 13.2 Å². The van der Waals surface area contributed by atoms with Gasteiger partial charge in [0.2, 0.25) is 0 Å². The number of thioether (sulfide) groups is 1. The molecular weight excluding hydrogens is 271 g/mol. The lowest BCUT2D eigenvalue weighted by atomic mass is 10.0. The highest BCUT2D eigenvalue weighted by molar-refractivity contribution is 7.99. The lowest BCUT2D eigenvalue weighted by Gasteiger charge is -2.06. The molecule has 0 radical (unpaired) electrons. The number of hydrogen-bond acceptors (Lipinski definition) is 2. The van der Waals surface area contributed by atoms with Gasteiger partial charge in [0.1, 0.15) is 5.82 Å². The summed E-state index contributed by atoms with van der Waals surface area (Å²) in [7, 11) is 0. The van der Waals surface area contributed by atoms with Crippen molar-refractivity contribution in [3.8, 4) is 11.1 Å². The molecule has 0 bridgehead atoms. The molecule has 2 aromatic rings. The molecule has 19 heavy (non-hydrogen) atoms. The Bertz CT molecular complexity index is 555. The van der Waals surface area contributed by atoms with Gasteiger partial charge in [0.15, 0.2) is 0 Å². The Hall–Kier alpha value is -1.46. The summed E-state index contributed by atoms with van der Waals surface area (Å²) < 4.78 is 38.0.